The summed E-state index contributed by atoms with van der Waals surface area (Å²) in [7, 11) is 0. The van der Waals surface area contributed by atoms with Gasteiger partial charge in [0.05, 0.1) is 0 Å². The van der Waals surface area contributed by atoms with Crippen molar-refractivity contribution in [2.24, 2.45) is 5.41 Å². The van der Waals surface area contributed by atoms with E-state index in [1.165, 1.54) is 5.56 Å². The normalized spacial score (nSPS) is 21.8. The maximum Gasteiger partial charge on any atom is 0.329 e. The van der Waals surface area contributed by atoms with Crippen LogP contribution in [0.1, 0.15) is 44.1 Å². The van der Waals surface area contributed by atoms with Crippen LogP contribution in [0.5, 0.6) is 11.5 Å². The molecule has 2 aromatic carbocycles. The fraction of sp³-hybridized carbons (Fsp3) is 0.409. The van der Waals surface area contributed by atoms with Crippen molar-refractivity contribution in [1.82, 2.24) is 0 Å². The molecule has 1 aliphatic rings. The first-order valence-electron chi connectivity index (χ1n) is 9.17. The van der Waals surface area contributed by atoms with Crippen LogP contribution in [0.3, 0.4) is 0 Å². The van der Waals surface area contributed by atoms with Gasteiger partial charge in [-0.2, -0.15) is 0 Å². The number of carboxylic acid groups (broad SMARTS) is 1. The van der Waals surface area contributed by atoms with Gasteiger partial charge in [-0.25, -0.2) is 4.79 Å². The van der Waals surface area contributed by atoms with Crippen molar-refractivity contribution in [1.29, 1.82) is 0 Å². The summed E-state index contributed by atoms with van der Waals surface area (Å²) in [5.41, 5.74) is 1.58. The van der Waals surface area contributed by atoms with Gasteiger partial charge in [0, 0.05) is 6.61 Å². The highest BCUT2D eigenvalue weighted by atomic mass is 16.5. The van der Waals surface area contributed by atoms with Gasteiger partial charge in [0.2, 0.25) is 0 Å². The van der Waals surface area contributed by atoms with Gasteiger partial charge in [-0.1, -0.05) is 43.3 Å². The van der Waals surface area contributed by atoms with Gasteiger partial charge in [-0.15, -0.1) is 0 Å². The molecule has 4 nitrogen and oxygen atoms in total. The molecule has 3 rings (SSSR count). The lowest BCUT2D eigenvalue weighted by atomic mass is 9.59. The third-order valence-corrected chi connectivity index (χ3v) is 5.10. The second kappa shape index (κ2) is 8.37. The topological polar surface area (TPSA) is 55.8 Å². The van der Waals surface area contributed by atoms with Crippen LogP contribution in [0, 0.1) is 5.41 Å². The van der Waals surface area contributed by atoms with Crippen molar-refractivity contribution >= 4 is 5.97 Å². The number of benzene rings is 2. The first-order chi connectivity index (χ1) is 12.6. The minimum absolute atomic E-state index is 0.205. The van der Waals surface area contributed by atoms with E-state index in [1.807, 2.05) is 42.5 Å². The van der Waals surface area contributed by atoms with E-state index in [0.29, 0.717) is 17.9 Å². The van der Waals surface area contributed by atoms with E-state index in [1.54, 1.807) is 0 Å². The highest BCUT2D eigenvalue weighted by Crippen LogP contribution is 2.55. The Kier molecular flexibility index (Phi) is 5.94. The molecule has 0 aliphatic heterocycles. The summed E-state index contributed by atoms with van der Waals surface area (Å²) in [5, 5.41) is 8.59. The van der Waals surface area contributed by atoms with Gasteiger partial charge in [0.25, 0.3) is 0 Å². The summed E-state index contributed by atoms with van der Waals surface area (Å²) in [5.74, 6) is 1.41. The molecule has 0 saturated heterocycles. The number of rotatable bonds is 9. The number of hydrogen-bond donors (Lipinski definition) is 1. The first kappa shape index (κ1) is 18.5. The fourth-order valence-corrected chi connectivity index (χ4v) is 3.84. The van der Waals surface area contributed by atoms with Crippen molar-refractivity contribution in [3.63, 3.8) is 0 Å². The highest BCUT2D eigenvalue weighted by Gasteiger charge is 2.41. The Balaban J connectivity index is 1.53. The van der Waals surface area contributed by atoms with E-state index in [-0.39, 0.29) is 6.61 Å². The van der Waals surface area contributed by atoms with Gasteiger partial charge >= 0.3 is 5.97 Å². The second-order valence-corrected chi connectivity index (χ2v) is 7.42. The summed E-state index contributed by atoms with van der Waals surface area (Å²) in [6.45, 7) is 2.62. The minimum atomic E-state index is -0.907. The predicted molar refractivity (Wildman–Crippen MR) is 101 cm³/mol. The molecule has 1 saturated carbocycles. The molecule has 0 atom stereocenters. The van der Waals surface area contributed by atoms with E-state index in [2.05, 4.69) is 19.1 Å². The maximum absolute atomic E-state index is 10.5. The molecule has 0 aromatic heterocycles. The third kappa shape index (κ3) is 4.85. The number of carboxylic acids is 1. The second-order valence-electron chi connectivity index (χ2n) is 7.42. The molecule has 0 spiro atoms. The van der Waals surface area contributed by atoms with Crippen molar-refractivity contribution < 1.29 is 19.4 Å². The van der Waals surface area contributed by atoms with Crippen LogP contribution in [0.15, 0.2) is 54.6 Å². The number of hydrogen-bond acceptors (Lipinski definition) is 3. The zero-order valence-electron chi connectivity index (χ0n) is 15.2. The molecule has 0 radical (unpaired) electrons. The predicted octanol–water partition coefficient (Wildman–Crippen LogP) is 5.24. The van der Waals surface area contributed by atoms with E-state index in [0.717, 1.165) is 37.2 Å². The van der Waals surface area contributed by atoms with Crippen LogP contribution in [-0.2, 0) is 9.53 Å². The Labute approximate surface area is 154 Å². The highest BCUT2D eigenvalue weighted by molar-refractivity contribution is 5.67. The Hall–Kier alpha value is -2.33. The van der Waals surface area contributed by atoms with Crippen LogP contribution in [-0.4, -0.2) is 24.3 Å². The molecular weight excluding hydrogens is 328 g/mol. The lowest BCUT2D eigenvalue weighted by Gasteiger charge is -2.46. The van der Waals surface area contributed by atoms with Crippen molar-refractivity contribution in [3.05, 3.63) is 60.2 Å². The van der Waals surface area contributed by atoms with Gasteiger partial charge in [0.1, 0.15) is 18.1 Å². The summed E-state index contributed by atoms with van der Waals surface area (Å²) in [6.07, 6.45) is 4.21. The van der Waals surface area contributed by atoms with Crippen LogP contribution in [0.4, 0.5) is 0 Å². The van der Waals surface area contributed by atoms with Gasteiger partial charge in [-0.3, -0.25) is 0 Å². The summed E-state index contributed by atoms with van der Waals surface area (Å²) in [6, 6.07) is 18.2. The monoisotopic (exact) mass is 354 g/mol. The molecule has 138 valence electrons. The average molecular weight is 354 g/mol. The van der Waals surface area contributed by atoms with Crippen LogP contribution in [0.2, 0.25) is 0 Å². The average Bonchev–Trinajstić information content (AvgIpc) is 2.60. The van der Waals surface area contributed by atoms with E-state index in [4.69, 9.17) is 14.6 Å². The molecule has 4 heteroatoms. The molecule has 0 amide bonds. The lowest BCUT2D eigenvalue weighted by Crippen LogP contribution is -2.33. The molecular formula is C22H26O4. The van der Waals surface area contributed by atoms with Crippen molar-refractivity contribution in [3.8, 4) is 11.5 Å². The van der Waals surface area contributed by atoms with Crippen molar-refractivity contribution in [2.45, 2.75) is 38.5 Å². The van der Waals surface area contributed by atoms with Gasteiger partial charge < -0.3 is 14.6 Å². The maximum atomic E-state index is 10.5. The summed E-state index contributed by atoms with van der Waals surface area (Å²) in [4.78, 5) is 10.5. The van der Waals surface area contributed by atoms with E-state index < -0.39 is 5.97 Å². The zero-order valence-corrected chi connectivity index (χ0v) is 15.2. The molecule has 2 aromatic rings. The molecule has 1 fully saturated rings. The van der Waals surface area contributed by atoms with E-state index >= 15 is 0 Å². The Bertz CT molecular complexity index is 720. The standard InChI is InChI=1S/C22H26O4/c1-22(12-7-13-25-16-21(23)24)14-17(15-22)19-10-5-6-11-20(19)26-18-8-3-2-4-9-18/h2-6,8-11,17H,7,12-16H2,1H3,(H,23,24). The minimum Gasteiger partial charge on any atom is -0.480 e. The molecule has 0 bridgehead atoms. The van der Waals surface area contributed by atoms with Crippen LogP contribution < -0.4 is 4.74 Å². The third-order valence-electron chi connectivity index (χ3n) is 5.10. The summed E-state index contributed by atoms with van der Waals surface area (Å²) >= 11 is 0. The fourth-order valence-electron chi connectivity index (χ4n) is 3.84. The number of carbonyl (C=O) groups is 1. The van der Waals surface area contributed by atoms with Gasteiger partial charge in [0.15, 0.2) is 0 Å². The first-order valence-corrected chi connectivity index (χ1v) is 9.17. The number of para-hydroxylation sites is 2. The van der Waals surface area contributed by atoms with Crippen LogP contribution >= 0.6 is 0 Å². The Morgan fingerprint density at radius 3 is 2.54 bits per heavy atom. The molecule has 1 aliphatic carbocycles. The molecule has 1 N–H and O–H groups in total. The smallest absolute Gasteiger partial charge is 0.329 e. The molecule has 0 heterocycles. The van der Waals surface area contributed by atoms with Gasteiger partial charge in [-0.05, 0) is 60.8 Å². The Morgan fingerprint density at radius 1 is 1.12 bits per heavy atom. The zero-order chi connectivity index (χ0) is 18.4. The van der Waals surface area contributed by atoms with Crippen LogP contribution in [0.25, 0.3) is 0 Å². The molecule has 26 heavy (non-hydrogen) atoms. The number of aliphatic carboxylic acids is 1. The SMILES string of the molecule is CC1(CCCOCC(=O)O)CC(c2ccccc2Oc2ccccc2)C1. The van der Waals surface area contributed by atoms with E-state index in [9.17, 15) is 4.79 Å². The molecule has 0 unspecified atom stereocenters. The lowest BCUT2D eigenvalue weighted by molar-refractivity contribution is -0.142. The largest absolute Gasteiger partial charge is 0.480 e. The summed E-state index contributed by atoms with van der Waals surface area (Å²) < 4.78 is 11.2. The van der Waals surface area contributed by atoms with Crippen molar-refractivity contribution in [2.75, 3.05) is 13.2 Å². The number of ether oxygens (including phenoxy) is 2. The Morgan fingerprint density at radius 2 is 1.81 bits per heavy atom. The quantitative estimate of drug-likeness (QED) is 0.625.